The van der Waals surface area contributed by atoms with Gasteiger partial charge in [0.15, 0.2) is 0 Å². The van der Waals surface area contributed by atoms with Crippen LogP contribution in [-0.2, 0) is 0 Å². The molecule has 4 heteroatoms. The fraction of sp³-hybridized carbons (Fsp3) is 0.857. The molecule has 1 heterocycles. The molecule has 0 bridgehead atoms. The Morgan fingerprint density at radius 2 is 2.36 bits per heavy atom. The summed E-state index contributed by atoms with van der Waals surface area (Å²) in [6.45, 7) is 2.92. The first-order valence-corrected chi connectivity index (χ1v) is 3.86. The second kappa shape index (κ2) is 3.19. The fourth-order valence-electron chi connectivity index (χ4n) is 1.15. The molecule has 1 aliphatic heterocycles. The third-order valence-corrected chi connectivity index (χ3v) is 2.13. The second-order valence-corrected chi connectivity index (χ2v) is 2.94. The molecule has 11 heavy (non-hydrogen) atoms. The molecule has 0 spiro atoms. The van der Waals surface area contributed by atoms with E-state index >= 15 is 0 Å². The molecule has 0 saturated heterocycles. The average molecular weight is 156 g/mol. The number of rotatable bonds is 3. The molecule has 0 radical (unpaired) electrons. The molecular weight excluding hydrogens is 140 g/mol. The minimum atomic E-state index is 0.00299. The summed E-state index contributed by atoms with van der Waals surface area (Å²) in [5, 5.41) is 12.5. The molecule has 0 fully saturated rings. The highest BCUT2D eigenvalue weighted by Gasteiger charge is 2.31. The van der Waals surface area contributed by atoms with Crippen molar-refractivity contribution in [2.24, 2.45) is 5.10 Å². The van der Waals surface area contributed by atoms with Crippen LogP contribution in [0.25, 0.3) is 0 Å². The van der Waals surface area contributed by atoms with Gasteiger partial charge in [0.1, 0.15) is 5.66 Å². The van der Waals surface area contributed by atoms with Gasteiger partial charge in [0.2, 0.25) is 0 Å². The maximum Gasteiger partial charge on any atom is 0.111 e. The van der Waals surface area contributed by atoms with Crippen LogP contribution >= 0.6 is 0 Å². The Bertz CT molecular complexity index is 157. The monoisotopic (exact) mass is 156 g/mol. The van der Waals surface area contributed by atoms with E-state index in [4.69, 9.17) is 0 Å². The fourth-order valence-corrected chi connectivity index (χ4v) is 1.15. The van der Waals surface area contributed by atoms with Crippen LogP contribution in [0.4, 0.5) is 0 Å². The Morgan fingerprint density at radius 3 is 2.91 bits per heavy atom. The second-order valence-electron chi connectivity index (χ2n) is 2.94. The molecule has 64 valence electrons. The minimum Gasteiger partial charge on any atom is -0.302 e. The van der Waals surface area contributed by atoms with Crippen molar-refractivity contribution in [2.75, 3.05) is 20.8 Å². The average Bonchev–Trinajstić information content (AvgIpc) is 2.35. The van der Waals surface area contributed by atoms with Crippen molar-refractivity contribution in [1.82, 2.24) is 15.6 Å². The summed E-state index contributed by atoms with van der Waals surface area (Å²) in [6.07, 6.45) is 2.90. The first-order valence-electron chi connectivity index (χ1n) is 3.86. The Hall–Kier alpha value is -0.610. The number of hydrazone groups is 1. The topological polar surface area (TPSA) is 39.7 Å². The Kier molecular flexibility index (Phi) is 2.46. The van der Waals surface area contributed by atoms with Gasteiger partial charge in [0, 0.05) is 12.6 Å². The quantitative estimate of drug-likeness (QED) is 0.594. The summed E-state index contributed by atoms with van der Waals surface area (Å²) < 4.78 is 0. The molecule has 0 aromatic heterocycles. The van der Waals surface area contributed by atoms with Gasteiger partial charge in [0.25, 0.3) is 0 Å². The van der Waals surface area contributed by atoms with Crippen LogP contribution in [0.1, 0.15) is 13.3 Å². The van der Waals surface area contributed by atoms with Crippen molar-refractivity contribution in [3.05, 3.63) is 0 Å². The molecule has 0 aromatic carbocycles. The lowest BCUT2D eigenvalue weighted by atomic mass is 10.1. The summed E-state index contributed by atoms with van der Waals surface area (Å²) in [5.41, 5.74) is 0.00299. The van der Waals surface area contributed by atoms with E-state index in [1.165, 1.54) is 0 Å². The van der Waals surface area contributed by atoms with E-state index in [0.29, 0.717) is 0 Å². The van der Waals surface area contributed by atoms with E-state index in [-0.39, 0.29) is 5.66 Å². The SMILES string of the molecule is CNCN1N=CCC1(C)NC. The van der Waals surface area contributed by atoms with Crippen LogP contribution in [-0.4, -0.2) is 37.7 Å². The van der Waals surface area contributed by atoms with Crippen LogP contribution in [0.3, 0.4) is 0 Å². The summed E-state index contributed by atoms with van der Waals surface area (Å²) in [7, 11) is 3.88. The Labute approximate surface area is 67.6 Å². The van der Waals surface area contributed by atoms with Gasteiger partial charge in [-0.2, -0.15) is 5.10 Å². The van der Waals surface area contributed by atoms with E-state index < -0.39 is 0 Å². The van der Waals surface area contributed by atoms with E-state index in [0.717, 1.165) is 13.1 Å². The zero-order chi connectivity index (χ0) is 8.32. The summed E-state index contributed by atoms with van der Waals surface area (Å²) in [6, 6.07) is 0. The van der Waals surface area contributed by atoms with Crippen molar-refractivity contribution in [2.45, 2.75) is 19.0 Å². The predicted octanol–water partition coefficient (Wildman–Crippen LogP) is -0.210. The van der Waals surface area contributed by atoms with Crippen LogP contribution in [0.2, 0.25) is 0 Å². The highest BCUT2D eigenvalue weighted by Crippen LogP contribution is 2.18. The molecule has 0 amide bonds. The molecule has 2 N–H and O–H groups in total. The van der Waals surface area contributed by atoms with Crippen LogP contribution in [0.5, 0.6) is 0 Å². The van der Waals surface area contributed by atoms with E-state index in [9.17, 15) is 0 Å². The zero-order valence-electron chi connectivity index (χ0n) is 7.39. The molecule has 1 aliphatic rings. The van der Waals surface area contributed by atoms with Crippen LogP contribution < -0.4 is 10.6 Å². The van der Waals surface area contributed by atoms with Crippen molar-refractivity contribution in [3.63, 3.8) is 0 Å². The standard InChI is InChI=1S/C7H16N4/c1-7(9-3)4-5-10-11(7)6-8-2/h5,8-9H,4,6H2,1-3H3. The zero-order valence-corrected chi connectivity index (χ0v) is 7.39. The predicted molar refractivity (Wildman–Crippen MR) is 46.3 cm³/mol. The van der Waals surface area contributed by atoms with Crippen LogP contribution in [0.15, 0.2) is 5.10 Å². The Morgan fingerprint density at radius 1 is 1.64 bits per heavy atom. The Balaban J connectivity index is 2.55. The molecule has 1 unspecified atom stereocenters. The van der Waals surface area contributed by atoms with Crippen LogP contribution in [0, 0.1) is 0 Å². The smallest absolute Gasteiger partial charge is 0.111 e. The van der Waals surface area contributed by atoms with Crippen molar-refractivity contribution >= 4 is 6.21 Å². The van der Waals surface area contributed by atoms with Crippen molar-refractivity contribution in [3.8, 4) is 0 Å². The first kappa shape index (κ1) is 8.49. The van der Waals surface area contributed by atoms with Gasteiger partial charge in [-0.15, -0.1) is 0 Å². The van der Waals surface area contributed by atoms with Gasteiger partial charge in [0.05, 0.1) is 6.67 Å². The van der Waals surface area contributed by atoms with E-state index in [2.05, 4.69) is 22.7 Å². The number of nitrogens with one attached hydrogen (secondary N) is 2. The van der Waals surface area contributed by atoms with Crippen molar-refractivity contribution < 1.29 is 0 Å². The van der Waals surface area contributed by atoms with Crippen molar-refractivity contribution in [1.29, 1.82) is 0 Å². The van der Waals surface area contributed by atoms with Gasteiger partial charge in [-0.1, -0.05) is 0 Å². The molecule has 1 atom stereocenters. The lowest BCUT2D eigenvalue weighted by molar-refractivity contribution is 0.100. The van der Waals surface area contributed by atoms with Gasteiger partial charge < -0.3 is 5.32 Å². The lowest BCUT2D eigenvalue weighted by Gasteiger charge is -2.33. The number of hydrogen-bond acceptors (Lipinski definition) is 4. The largest absolute Gasteiger partial charge is 0.302 e. The molecule has 0 saturated carbocycles. The summed E-state index contributed by atoms with van der Waals surface area (Å²) >= 11 is 0. The van der Waals surface area contributed by atoms with Gasteiger partial charge >= 0.3 is 0 Å². The third kappa shape index (κ3) is 1.52. The first-order chi connectivity index (χ1) is 5.23. The molecular formula is C7H16N4. The normalized spacial score (nSPS) is 29.9. The third-order valence-electron chi connectivity index (χ3n) is 2.13. The van der Waals surface area contributed by atoms with Gasteiger partial charge in [-0.3, -0.25) is 10.3 Å². The lowest BCUT2D eigenvalue weighted by Crippen LogP contribution is -2.52. The highest BCUT2D eigenvalue weighted by molar-refractivity contribution is 5.60. The maximum atomic E-state index is 4.23. The summed E-state index contributed by atoms with van der Waals surface area (Å²) in [5.74, 6) is 0. The molecule has 0 aliphatic carbocycles. The number of hydrogen-bond donors (Lipinski definition) is 2. The molecule has 0 aromatic rings. The maximum absolute atomic E-state index is 4.23. The molecule has 4 nitrogen and oxygen atoms in total. The number of nitrogens with zero attached hydrogens (tertiary/aromatic N) is 2. The van der Waals surface area contributed by atoms with Gasteiger partial charge in [-0.05, 0) is 21.0 Å². The van der Waals surface area contributed by atoms with E-state index in [1.54, 1.807) is 0 Å². The van der Waals surface area contributed by atoms with E-state index in [1.807, 2.05) is 25.3 Å². The summed E-state index contributed by atoms with van der Waals surface area (Å²) in [4.78, 5) is 0. The molecule has 1 rings (SSSR count). The van der Waals surface area contributed by atoms with Gasteiger partial charge in [-0.25, -0.2) is 0 Å². The minimum absolute atomic E-state index is 0.00299. The highest BCUT2D eigenvalue weighted by atomic mass is 15.6.